The quantitative estimate of drug-likeness (QED) is 0.832. The number of thioether (sulfide) groups is 1. The molecule has 1 fully saturated rings. The monoisotopic (exact) mass is 307 g/mol. The molecule has 4 heteroatoms. The third-order valence-corrected chi connectivity index (χ3v) is 6.44. The second-order valence-corrected chi connectivity index (χ2v) is 8.15. The molecular weight excluding hydrogens is 278 g/mol. The summed E-state index contributed by atoms with van der Waals surface area (Å²) in [6.07, 6.45) is 8.93. The van der Waals surface area contributed by atoms with Gasteiger partial charge in [0.15, 0.2) is 5.16 Å². The number of hydrogen-bond acceptors (Lipinski definition) is 4. The molecule has 118 valence electrons. The van der Waals surface area contributed by atoms with Gasteiger partial charge in [-0.2, -0.15) is 0 Å². The van der Waals surface area contributed by atoms with Crippen molar-refractivity contribution in [1.82, 2.24) is 15.3 Å². The lowest BCUT2D eigenvalue weighted by atomic mass is 9.68. The summed E-state index contributed by atoms with van der Waals surface area (Å²) in [4.78, 5) is 8.95. The van der Waals surface area contributed by atoms with E-state index in [9.17, 15) is 0 Å². The van der Waals surface area contributed by atoms with E-state index in [-0.39, 0.29) is 0 Å². The van der Waals surface area contributed by atoms with E-state index in [2.05, 4.69) is 43.1 Å². The summed E-state index contributed by atoms with van der Waals surface area (Å²) in [7, 11) is 2.08. The van der Waals surface area contributed by atoms with Gasteiger partial charge in [0.05, 0.1) is 0 Å². The summed E-state index contributed by atoms with van der Waals surface area (Å²) < 4.78 is 0. The number of aryl methyl sites for hydroxylation is 1. The van der Waals surface area contributed by atoms with Crippen LogP contribution in [0, 0.1) is 18.3 Å². The van der Waals surface area contributed by atoms with Gasteiger partial charge in [0.25, 0.3) is 0 Å². The Morgan fingerprint density at radius 3 is 2.52 bits per heavy atom. The van der Waals surface area contributed by atoms with E-state index >= 15 is 0 Å². The van der Waals surface area contributed by atoms with Crippen molar-refractivity contribution < 1.29 is 0 Å². The van der Waals surface area contributed by atoms with Crippen LogP contribution in [0.15, 0.2) is 17.6 Å². The number of nitrogens with zero attached hydrogens (tertiary/aromatic N) is 2. The van der Waals surface area contributed by atoms with Crippen LogP contribution in [0.5, 0.6) is 0 Å². The van der Waals surface area contributed by atoms with E-state index < -0.39 is 0 Å². The van der Waals surface area contributed by atoms with Crippen molar-refractivity contribution in [3.63, 3.8) is 0 Å². The number of nitrogens with one attached hydrogen (secondary N) is 1. The molecule has 1 N–H and O–H groups in total. The first-order valence-corrected chi connectivity index (χ1v) is 8.96. The molecule has 0 spiro atoms. The third-order valence-electron chi connectivity index (χ3n) is 5.19. The van der Waals surface area contributed by atoms with E-state index in [0.29, 0.717) is 16.7 Å². The van der Waals surface area contributed by atoms with Crippen molar-refractivity contribution in [2.24, 2.45) is 11.3 Å². The average molecular weight is 308 g/mol. The molecule has 2 rings (SSSR count). The Morgan fingerprint density at radius 1 is 1.29 bits per heavy atom. The van der Waals surface area contributed by atoms with Gasteiger partial charge in [0.1, 0.15) is 0 Å². The van der Waals surface area contributed by atoms with Gasteiger partial charge in [-0.05, 0) is 50.1 Å². The highest BCUT2D eigenvalue weighted by atomic mass is 32.2. The highest BCUT2D eigenvalue weighted by Gasteiger charge is 2.37. The van der Waals surface area contributed by atoms with Crippen molar-refractivity contribution in [1.29, 1.82) is 0 Å². The highest BCUT2D eigenvalue weighted by Crippen LogP contribution is 2.44. The summed E-state index contributed by atoms with van der Waals surface area (Å²) >= 11 is 1.85. The van der Waals surface area contributed by atoms with E-state index in [1.54, 1.807) is 0 Å². The van der Waals surface area contributed by atoms with Gasteiger partial charge in [-0.1, -0.05) is 39.0 Å². The number of aromatic nitrogens is 2. The SMILES string of the molecule is CCC(C)(C)C1CCC(NC)C(Sc2ncc(C)cn2)C1. The molecule has 1 aliphatic carbocycles. The van der Waals surface area contributed by atoms with Crippen LogP contribution in [0.25, 0.3) is 0 Å². The van der Waals surface area contributed by atoms with Crippen LogP contribution >= 0.6 is 11.8 Å². The van der Waals surface area contributed by atoms with Gasteiger partial charge in [0.2, 0.25) is 0 Å². The van der Waals surface area contributed by atoms with Crippen LogP contribution in [0.2, 0.25) is 0 Å². The maximum Gasteiger partial charge on any atom is 0.187 e. The lowest BCUT2D eigenvalue weighted by Gasteiger charge is -2.42. The fourth-order valence-electron chi connectivity index (χ4n) is 3.17. The lowest BCUT2D eigenvalue weighted by molar-refractivity contribution is 0.142. The molecule has 3 unspecified atom stereocenters. The molecular formula is C17H29N3S. The van der Waals surface area contributed by atoms with Gasteiger partial charge in [-0.15, -0.1) is 0 Å². The van der Waals surface area contributed by atoms with Crippen LogP contribution in [0.1, 0.15) is 52.0 Å². The summed E-state index contributed by atoms with van der Waals surface area (Å²) in [6.45, 7) is 9.18. The number of hydrogen-bond donors (Lipinski definition) is 1. The summed E-state index contributed by atoms with van der Waals surface area (Å²) in [6, 6.07) is 0.573. The molecule has 0 radical (unpaired) electrons. The lowest BCUT2D eigenvalue weighted by Crippen LogP contribution is -2.43. The molecule has 3 nitrogen and oxygen atoms in total. The second-order valence-electron chi connectivity index (χ2n) is 6.95. The van der Waals surface area contributed by atoms with Gasteiger partial charge in [0, 0.05) is 23.7 Å². The van der Waals surface area contributed by atoms with E-state index in [0.717, 1.165) is 16.6 Å². The molecule has 0 aliphatic heterocycles. The predicted octanol–water partition coefficient (Wildman–Crippen LogP) is 4.07. The maximum atomic E-state index is 4.47. The first-order chi connectivity index (χ1) is 9.96. The average Bonchev–Trinajstić information content (AvgIpc) is 2.49. The minimum Gasteiger partial charge on any atom is -0.316 e. The molecule has 0 amide bonds. The van der Waals surface area contributed by atoms with Crippen LogP contribution in [0.3, 0.4) is 0 Å². The molecule has 1 aromatic rings. The molecule has 0 aromatic carbocycles. The molecule has 1 heterocycles. The summed E-state index contributed by atoms with van der Waals surface area (Å²) in [5.74, 6) is 0.801. The standard InChI is InChI=1S/C17H29N3S/c1-6-17(3,4)13-7-8-14(18-5)15(9-13)21-16-19-10-12(2)11-20-16/h10-11,13-15,18H,6-9H2,1-5H3. The Balaban J connectivity index is 2.08. The zero-order valence-electron chi connectivity index (χ0n) is 14.0. The molecule has 0 saturated heterocycles. The third kappa shape index (κ3) is 4.19. The van der Waals surface area contributed by atoms with E-state index in [4.69, 9.17) is 0 Å². The topological polar surface area (TPSA) is 37.8 Å². The summed E-state index contributed by atoms with van der Waals surface area (Å²) in [5, 5.41) is 4.99. The van der Waals surface area contributed by atoms with E-state index in [1.807, 2.05) is 31.1 Å². The van der Waals surface area contributed by atoms with Crippen molar-refractivity contribution in [2.45, 2.75) is 69.8 Å². The van der Waals surface area contributed by atoms with Crippen LogP contribution in [-0.4, -0.2) is 28.3 Å². The van der Waals surface area contributed by atoms with Gasteiger partial charge >= 0.3 is 0 Å². The fourth-order valence-corrected chi connectivity index (χ4v) is 4.43. The van der Waals surface area contributed by atoms with Crippen LogP contribution in [-0.2, 0) is 0 Å². The van der Waals surface area contributed by atoms with Crippen molar-refractivity contribution in [3.05, 3.63) is 18.0 Å². The van der Waals surface area contributed by atoms with Gasteiger partial charge in [-0.3, -0.25) is 0 Å². The largest absolute Gasteiger partial charge is 0.316 e. The van der Waals surface area contributed by atoms with Crippen molar-refractivity contribution >= 4 is 11.8 Å². The van der Waals surface area contributed by atoms with E-state index in [1.165, 1.54) is 25.7 Å². The highest BCUT2D eigenvalue weighted by molar-refractivity contribution is 7.99. The fraction of sp³-hybridized carbons (Fsp3) is 0.765. The van der Waals surface area contributed by atoms with Crippen molar-refractivity contribution in [2.75, 3.05) is 7.05 Å². The normalized spacial score (nSPS) is 26.8. The maximum absolute atomic E-state index is 4.47. The Morgan fingerprint density at radius 2 is 1.95 bits per heavy atom. The molecule has 3 atom stereocenters. The first kappa shape index (κ1) is 16.8. The molecule has 1 aromatic heterocycles. The van der Waals surface area contributed by atoms with Gasteiger partial charge < -0.3 is 5.32 Å². The minimum atomic E-state index is 0.436. The van der Waals surface area contributed by atoms with Crippen molar-refractivity contribution in [3.8, 4) is 0 Å². The zero-order chi connectivity index (χ0) is 15.5. The smallest absolute Gasteiger partial charge is 0.187 e. The van der Waals surface area contributed by atoms with Crippen LogP contribution < -0.4 is 5.32 Å². The zero-order valence-corrected chi connectivity index (χ0v) is 14.8. The predicted molar refractivity (Wildman–Crippen MR) is 90.7 cm³/mol. The minimum absolute atomic E-state index is 0.436. The molecule has 1 saturated carbocycles. The first-order valence-electron chi connectivity index (χ1n) is 8.09. The Kier molecular flexibility index (Phi) is 5.67. The Hall–Kier alpha value is -0.610. The number of rotatable bonds is 5. The second kappa shape index (κ2) is 7.10. The Labute approximate surface area is 133 Å². The summed E-state index contributed by atoms with van der Waals surface area (Å²) in [5.41, 5.74) is 1.56. The van der Waals surface area contributed by atoms with Crippen LogP contribution in [0.4, 0.5) is 0 Å². The molecule has 0 bridgehead atoms. The molecule has 21 heavy (non-hydrogen) atoms. The molecule has 1 aliphatic rings. The Bertz CT molecular complexity index is 444. The van der Waals surface area contributed by atoms with Gasteiger partial charge in [-0.25, -0.2) is 9.97 Å².